The molecule has 28 heavy (non-hydrogen) atoms. The van der Waals surface area contributed by atoms with E-state index in [9.17, 15) is 17.6 Å². The van der Waals surface area contributed by atoms with Crippen molar-refractivity contribution in [3.63, 3.8) is 0 Å². The number of nitrogens with zero attached hydrogens (tertiary/aromatic N) is 2. The normalized spacial score (nSPS) is 17.4. The number of amides is 1. The smallest absolute Gasteiger partial charge is 0.282 e. The first kappa shape index (κ1) is 20.4. The van der Waals surface area contributed by atoms with Crippen LogP contribution in [0.3, 0.4) is 0 Å². The van der Waals surface area contributed by atoms with Crippen LogP contribution in [-0.4, -0.2) is 42.6 Å². The Morgan fingerprint density at radius 1 is 1.07 bits per heavy atom. The molecule has 0 unspecified atom stereocenters. The lowest BCUT2D eigenvalue weighted by Gasteiger charge is -2.34. The molecular formula is C20H24FN3O3S. The Labute approximate surface area is 165 Å². The first-order chi connectivity index (χ1) is 13.3. The quantitative estimate of drug-likeness (QED) is 0.832. The molecule has 3 rings (SSSR count). The molecule has 1 heterocycles. The van der Waals surface area contributed by atoms with E-state index in [2.05, 4.69) is 5.32 Å². The van der Waals surface area contributed by atoms with E-state index in [0.29, 0.717) is 30.8 Å². The van der Waals surface area contributed by atoms with Gasteiger partial charge >= 0.3 is 0 Å². The van der Waals surface area contributed by atoms with Gasteiger partial charge in [-0.2, -0.15) is 17.0 Å². The van der Waals surface area contributed by atoms with Gasteiger partial charge in [0.1, 0.15) is 5.82 Å². The Morgan fingerprint density at radius 3 is 2.46 bits per heavy atom. The summed E-state index contributed by atoms with van der Waals surface area (Å²) in [4.78, 5) is 12.5. The summed E-state index contributed by atoms with van der Waals surface area (Å²) in [5.74, 6) is -0.740. The van der Waals surface area contributed by atoms with Crippen molar-refractivity contribution in [2.45, 2.75) is 26.8 Å². The van der Waals surface area contributed by atoms with Gasteiger partial charge < -0.3 is 5.32 Å². The fourth-order valence-electron chi connectivity index (χ4n) is 3.15. The summed E-state index contributed by atoms with van der Waals surface area (Å²) in [7, 11) is -3.77. The minimum Gasteiger partial charge on any atom is -0.325 e. The van der Waals surface area contributed by atoms with Crippen LogP contribution in [0.25, 0.3) is 0 Å². The van der Waals surface area contributed by atoms with Gasteiger partial charge in [0.2, 0.25) is 5.91 Å². The van der Waals surface area contributed by atoms with Crippen LogP contribution in [0.5, 0.6) is 0 Å². The number of benzene rings is 2. The number of hydrogen-bond acceptors (Lipinski definition) is 3. The third-order valence-corrected chi connectivity index (χ3v) is 6.66. The van der Waals surface area contributed by atoms with E-state index in [1.807, 2.05) is 32.0 Å². The number of rotatable bonds is 5. The zero-order valence-electron chi connectivity index (χ0n) is 16.0. The maximum Gasteiger partial charge on any atom is 0.282 e. The third-order valence-electron chi connectivity index (χ3n) is 4.73. The molecule has 0 aromatic heterocycles. The van der Waals surface area contributed by atoms with E-state index in [-0.39, 0.29) is 24.8 Å². The van der Waals surface area contributed by atoms with Crippen LogP contribution in [0, 0.1) is 19.7 Å². The lowest BCUT2D eigenvalue weighted by molar-refractivity contribution is -0.116. The fourth-order valence-corrected chi connectivity index (χ4v) is 4.79. The molecule has 0 radical (unpaired) electrons. The van der Waals surface area contributed by atoms with Gasteiger partial charge in [0, 0.05) is 25.3 Å². The van der Waals surface area contributed by atoms with Crippen molar-refractivity contribution in [2.24, 2.45) is 0 Å². The maximum atomic E-state index is 13.1. The van der Waals surface area contributed by atoms with Gasteiger partial charge in [-0.1, -0.05) is 24.3 Å². The van der Waals surface area contributed by atoms with E-state index in [1.165, 1.54) is 20.7 Å². The molecule has 6 nitrogen and oxygen atoms in total. The van der Waals surface area contributed by atoms with Crippen LogP contribution in [0.2, 0.25) is 0 Å². The molecule has 1 N–H and O–H groups in total. The first-order valence-electron chi connectivity index (χ1n) is 9.12. The van der Waals surface area contributed by atoms with Gasteiger partial charge in [-0.25, -0.2) is 4.39 Å². The maximum absolute atomic E-state index is 13.1. The van der Waals surface area contributed by atoms with Crippen molar-refractivity contribution in [1.29, 1.82) is 0 Å². The molecule has 1 saturated heterocycles. The van der Waals surface area contributed by atoms with Crippen molar-refractivity contribution in [1.82, 2.24) is 8.61 Å². The average molecular weight is 405 g/mol. The molecule has 2 aromatic rings. The van der Waals surface area contributed by atoms with Crippen molar-refractivity contribution in [2.75, 3.05) is 25.0 Å². The number of halogens is 1. The fraction of sp³-hybridized carbons (Fsp3) is 0.350. The minimum atomic E-state index is -3.77. The molecule has 1 aliphatic heterocycles. The average Bonchev–Trinajstić information content (AvgIpc) is 2.63. The predicted molar refractivity (Wildman–Crippen MR) is 106 cm³/mol. The molecule has 0 spiro atoms. The van der Waals surface area contributed by atoms with E-state index < -0.39 is 10.2 Å². The molecule has 0 bridgehead atoms. The topological polar surface area (TPSA) is 69.7 Å². The number of anilines is 1. The highest BCUT2D eigenvalue weighted by molar-refractivity contribution is 7.86. The standard InChI is InChI=1S/C20H24FN3O3S/c1-15-4-5-16(2)19(12-15)22-20(25)14-24-11-3-10-23(28(24,26)27)13-17-6-8-18(21)9-7-17/h4-9,12H,3,10-11,13-14H2,1-2H3,(H,22,25). The number of nitrogens with one attached hydrogen (secondary N) is 1. The molecule has 1 fully saturated rings. The number of carbonyl (C=O) groups is 1. The van der Waals surface area contributed by atoms with E-state index in [4.69, 9.17) is 0 Å². The highest BCUT2D eigenvalue weighted by Gasteiger charge is 2.34. The first-order valence-corrected chi connectivity index (χ1v) is 10.5. The second kappa shape index (κ2) is 8.38. The van der Waals surface area contributed by atoms with Crippen molar-refractivity contribution in [3.05, 3.63) is 65.0 Å². The molecule has 8 heteroatoms. The summed E-state index contributed by atoms with van der Waals surface area (Å²) in [6.07, 6.45) is 0.622. The van der Waals surface area contributed by atoms with Crippen molar-refractivity contribution < 1.29 is 17.6 Å². The van der Waals surface area contributed by atoms with Gasteiger partial charge in [0.25, 0.3) is 10.2 Å². The molecule has 0 atom stereocenters. The van der Waals surface area contributed by atoms with Crippen molar-refractivity contribution >= 4 is 21.8 Å². The number of carbonyl (C=O) groups excluding carboxylic acids is 1. The molecular weight excluding hydrogens is 381 g/mol. The van der Waals surface area contributed by atoms with Crippen LogP contribution in [0.4, 0.5) is 10.1 Å². The van der Waals surface area contributed by atoms with Crippen LogP contribution in [0.15, 0.2) is 42.5 Å². The molecule has 2 aromatic carbocycles. The van der Waals surface area contributed by atoms with Crippen LogP contribution in [0.1, 0.15) is 23.1 Å². The summed E-state index contributed by atoms with van der Waals surface area (Å²) >= 11 is 0. The monoisotopic (exact) mass is 405 g/mol. The Balaban J connectivity index is 1.68. The number of hydrogen-bond donors (Lipinski definition) is 1. The Bertz CT molecular complexity index is 961. The molecule has 0 saturated carbocycles. The minimum absolute atomic E-state index is 0.151. The lowest BCUT2D eigenvalue weighted by Crippen LogP contribution is -2.51. The summed E-state index contributed by atoms with van der Waals surface area (Å²) in [6, 6.07) is 11.5. The zero-order valence-corrected chi connectivity index (χ0v) is 16.8. The SMILES string of the molecule is Cc1ccc(C)c(NC(=O)CN2CCCN(Cc3ccc(F)cc3)S2(=O)=O)c1. The van der Waals surface area contributed by atoms with Crippen LogP contribution >= 0.6 is 0 Å². The Morgan fingerprint density at radius 2 is 1.75 bits per heavy atom. The van der Waals surface area contributed by atoms with Gasteiger partial charge in [-0.3, -0.25) is 4.79 Å². The molecule has 1 amide bonds. The van der Waals surface area contributed by atoms with Gasteiger partial charge in [-0.15, -0.1) is 0 Å². The highest BCUT2D eigenvalue weighted by Crippen LogP contribution is 2.20. The second-order valence-electron chi connectivity index (χ2n) is 7.02. The second-order valence-corrected chi connectivity index (χ2v) is 8.95. The summed E-state index contributed by atoms with van der Waals surface area (Å²) in [5.41, 5.74) is 3.31. The van der Waals surface area contributed by atoms with Gasteiger partial charge in [0.15, 0.2) is 0 Å². The summed E-state index contributed by atoms with van der Waals surface area (Å²) in [6.45, 7) is 4.39. The Kier molecular flexibility index (Phi) is 6.12. The molecule has 1 aliphatic rings. The summed E-state index contributed by atoms with van der Waals surface area (Å²) < 4.78 is 41.4. The van der Waals surface area contributed by atoms with E-state index in [0.717, 1.165) is 11.1 Å². The summed E-state index contributed by atoms with van der Waals surface area (Å²) in [5, 5.41) is 2.80. The van der Waals surface area contributed by atoms with E-state index >= 15 is 0 Å². The van der Waals surface area contributed by atoms with Gasteiger partial charge in [0.05, 0.1) is 6.54 Å². The highest BCUT2D eigenvalue weighted by atomic mass is 32.2. The molecule has 150 valence electrons. The van der Waals surface area contributed by atoms with Gasteiger partial charge in [-0.05, 0) is 55.2 Å². The number of aryl methyl sites for hydroxylation is 2. The van der Waals surface area contributed by atoms with Crippen LogP contribution < -0.4 is 5.32 Å². The predicted octanol–water partition coefficient (Wildman–Crippen LogP) is 2.83. The molecule has 0 aliphatic carbocycles. The third kappa shape index (κ3) is 4.76. The van der Waals surface area contributed by atoms with Crippen LogP contribution in [-0.2, 0) is 21.5 Å². The van der Waals surface area contributed by atoms with Crippen molar-refractivity contribution in [3.8, 4) is 0 Å². The zero-order chi connectivity index (χ0) is 20.3. The lowest BCUT2D eigenvalue weighted by atomic mass is 10.1. The van der Waals surface area contributed by atoms with E-state index in [1.54, 1.807) is 12.1 Å². The largest absolute Gasteiger partial charge is 0.325 e. The Hall–Kier alpha value is -2.29.